The van der Waals surface area contributed by atoms with Gasteiger partial charge in [-0.3, -0.25) is 4.79 Å². The molecule has 0 unspecified atom stereocenters. The molecule has 2 aromatic heterocycles. The average Bonchev–Trinajstić information content (AvgIpc) is 3.23. The number of rotatable bonds is 7. The van der Waals surface area contributed by atoms with E-state index in [9.17, 15) is 9.18 Å². The zero-order valence-corrected chi connectivity index (χ0v) is 14.3. The maximum atomic E-state index is 13.0. The first kappa shape index (κ1) is 16.6. The van der Waals surface area contributed by atoms with Crippen LogP contribution in [0.15, 0.2) is 47.2 Å². The molecule has 7 heteroatoms. The van der Waals surface area contributed by atoms with E-state index >= 15 is 0 Å². The Morgan fingerprint density at radius 2 is 2.00 bits per heavy atom. The third kappa shape index (κ3) is 4.18. The highest BCUT2D eigenvalue weighted by Crippen LogP contribution is 2.29. The number of anilines is 1. The number of carboxylic acids is 1. The van der Waals surface area contributed by atoms with Crippen molar-refractivity contribution >= 4 is 33.8 Å². The van der Waals surface area contributed by atoms with E-state index < -0.39 is 5.97 Å². The molecule has 0 saturated heterocycles. The number of thiazole rings is 1. The number of hydrogen-bond donors (Lipinski definition) is 1. The van der Waals surface area contributed by atoms with Gasteiger partial charge in [-0.05, 0) is 35.7 Å². The van der Waals surface area contributed by atoms with E-state index in [1.807, 2.05) is 27.8 Å². The Hall–Kier alpha value is -2.25. The number of nitrogens with zero attached hydrogens (tertiary/aromatic N) is 2. The highest BCUT2D eigenvalue weighted by molar-refractivity contribution is 7.14. The molecule has 24 heavy (non-hydrogen) atoms. The lowest BCUT2D eigenvalue weighted by Gasteiger charge is -2.20. The van der Waals surface area contributed by atoms with Crippen LogP contribution in [0.5, 0.6) is 0 Å². The molecule has 0 amide bonds. The van der Waals surface area contributed by atoms with E-state index in [1.54, 1.807) is 23.5 Å². The molecular weight excluding hydrogens is 347 g/mol. The SMILES string of the molecule is O=C(O)CCN(Cc1cccs1)c1nc(-c2ccc(F)cc2)cs1. The molecule has 0 atom stereocenters. The summed E-state index contributed by atoms with van der Waals surface area (Å²) in [6.07, 6.45) is 0.0524. The summed E-state index contributed by atoms with van der Waals surface area (Å²) in [6, 6.07) is 10.2. The number of aromatic nitrogens is 1. The van der Waals surface area contributed by atoms with Crippen molar-refractivity contribution in [2.75, 3.05) is 11.4 Å². The second kappa shape index (κ2) is 7.55. The van der Waals surface area contributed by atoms with Gasteiger partial charge in [-0.25, -0.2) is 9.37 Å². The lowest BCUT2D eigenvalue weighted by Crippen LogP contribution is -2.25. The lowest BCUT2D eigenvalue weighted by molar-refractivity contribution is -0.136. The molecule has 0 fully saturated rings. The molecule has 3 aromatic rings. The Labute approximate surface area is 146 Å². The normalized spacial score (nSPS) is 10.7. The van der Waals surface area contributed by atoms with Gasteiger partial charge in [-0.15, -0.1) is 22.7 Å². The van der Waals surface area contributed by atoms with Crippen LogP contribution < -0.4 is 4.90 Å². The molecule has 0 aliphatic carbocycles. The van der Waals surface area contributed by atoms with Crippen LogP contribution in [0.3, 0.4) is 0 Å². The molecule has 1 aromatic carbocycles. The molecule has 1 N–H and O–H groups in total. The van der Waals surface area contributed by atoms with Gasteiger partial charge in [-0.1, -0.05) is 6.07 Å². The van der Waals surface area contributed by atoms with Gasteiger partial charge in [0.2, 0.25) is 0 Å². The molecule has 0 spiro atoms. The van der Waals surface area contributed by atoms with Crippen LogP contribution in [-0.2, 0) is 11.3 Å². The maximum Gasteiger partial charge on any atom is 0.305 e. The number of carbonyl (C=O) groups is 1. The molecule has 4 nitrogen and oxygen atoms in total. The molecule has 3 rings (SSSR count). The fraction of sp³-hybridized carbons (Fsp3) is 0.176. The van der Waals surface area contributed by atoms with Gasteiger partial charge in [-0.2, -0.15) is 0 Å². The van der Waals surface area contributed by atoms with Gasteiger partial charge in [0.25, 0.3) is 0 Å². The summed E-state index contributed by atoms with van der Waals surface area (Å²) < 4.78 is 13.0. The Kier molecular flexibility index (Phi) is 5.22. The summed E-state index contributed by atoms with van der Waals surface area (Å²) in [5, 5.41) is 13.6. The van der Waals surface area contributed by atoms with E-state index in [-0.39, 0.29) is 12.2 Å². The third-order valence-electron chi connectivity index (χ3n) is 3.42. The quantitative estimate of drug-likeness (QED) is 0.673. The third-order valence-corrected chi connectivity index (χ3v) is 5.19. The van der Waals surface area contributed by atoms with Gasteiger partial charge in [0, 0.05) is 22.4 Å². The van der Waals surface area contributed by atoms with Crippen molar-refractivity contribution < 1.29 is 14.3 Å². The predicted octanol–water partition coefficient (Wildman–Crippen LogP) is 4.49. The topological polar surface area (TPSA) is 53.4 Å². The summed E-state index contributed by atoms with van der Waals surface area (Å²) in [5.41, 5.74) is 1.61. The van der Waals surface area contributed by atoms with Gasteiger partial charge >= 0.3 is 5.97 Å². The van der Waals surface area contributed by atoms with E-state index in [2.05, 4.69) is 4.98 Å². The van der Waals surface area contributed by atoms with Gasteiger partial charge in [0.15, 0.2) is 5.13 Å². The molecule has 0 bridgehead atoms. The molecule has 2 heterocycles. The summed E-state index contributed by atoms with van der Waals surface area (Å²) in [4.78, 5) is 18.6. The fourth-order valence-electron chi connectivity index (χ4n) is 2.23. The number of thiophene rings is 1. The van der Waals surface area contributed by atoms with Crippen molar-refractivity contribution in [2.45, 2.75) is 13.0 Å². The molecule has 0 radical (unpaired) electrons. The number of carboxylic acid groups (broad SMARTS) is 1. The summed E-state index contributed by atoms with van der Waals surface area (Å²) in [7, 11) is 0. The lowest BCUT2D eigenvalue weighted by atomic mass is 10.2. The van der Waals surface area contributed by atoms with Crippen LogP contribution in [0, 0.1) is 5.82 Å². The summed E-state index contributed by atoms with van der Waals surface area (Å²) >= 11 is 3.09. The molecule has 0 saturated carbocycles. The van der Waals surface area contributed by atoms with Crippen LogP contribution in [-0.4, -0.2) is 22.6 Å². The van der Waals surface area contributed by atoms with Crippen molar-refractivity contribution in [1.82, 2.24) is 4.98 Å². The zero-order valence-electron chi connectivity index (χ0n) is 12.7. The van der Waals surface area contributed by atoms with E-state index in [0.29, 0.717) is 13.1 Å². The standard InChI is InChI=1S/C17H15FN2O2S2/c18-13-5-3-12(4-6-13)15-11-24-17(19-15)20(8-7-16(21)22)10-14-2-1-9-23-14/h1-6,9,11H,7-8,10H2,(H,21,22). The second-order valence-electron chi connectivity index (χ2n) is 5.17. The Bertz CT molecular complexity index is 800. The van der Waals surface area contributed by atoms with Crippen LogP contribution in [0.25, 0.3) is 11.3 Å². The molecule has 0 aliphatic rings. The zero-order chi connectivity index (χ0) is 16.9. The first-order chi connectivity index (χ1) is 11.6. The van der Waals surface area contributed by atoms with Gasteiger partial charge < -0.3 is 10.0 Å². The first-order valence-electron chi connectivity index (χ1n) is 7.32. The van der Waals surface area contributed by atoms with E-state index in [0.717, 1.165) is 21.3 Å². The number of hydrogen-bond acceptors (Lipinski definition) is 5. The number of halogens is 1. The van der Waals surface area contributed by atoms with Crippen molar-refractivity contribution in [2.24, 2.45) is 0 Å². The first-order valence-corrected chi connectivity index (χ1v) is 9.08. The van der Waals surface area contributed by atoms with Crippen LogP contribution in [0.1, 0.15) is 11.3 Å². The smallest absolute Gasteiger partial charge is 0.305 e. The fourth-order valence-corrected chi connectivity index (χ4v) is 3.81. The second-order valence-corrected chi connectivity index (χ2v) is 7.04. The van der Waals surface area contributed by atoms with E-state index in [1.165, 1.54) is 23.5 Å². The average molecular weight is 362 g/mol. The maximum absolute atomic E-state index is 13.0. The summed E-state index contributed by atoms with van der Waals surface area (Å²) in [6.45, 7) is 1.02. The number of benzene rings is 1. The predicted molar refractivity (Wildman–Crippen MR) is 95.1 cm³/mol. The Morgan fingerprint density at radius 1 is 1.21 bits per heavy atom. The van der Waals surface area contributed by atoms with Crippen molar-refractivity contribution in [3.8, 4) is 11.3 Å². The molecule has 124 valence electrons. The molecular formula is C17H15FN2O2S2. The van der Waals surface area contributed by atoms with Crippen LogP contribution >= 0.6 is 22.7 Å². The minimum absolute atomic E-state index is 0.0524. The molecule has 0 aliphatic heterocycles. The van der Waals surface area contributed by atoms with Crippen LogP contribution in [0.4, 0.5) is 9.52 Å². The largest absolute Gasteiger partial charge is 0.481 e. The highest BCUT2D eigenvalue weighted by atomic mass is 32.1. The van der Waals surface area contributed by atoms with Crippen LogP contribution in [0.2, 0.25) is 0 Å². The monoisotopic (exact) mass is 362 g/mol. The van der Waals surface area contributed by atoms with Crippen molar-refractivity contribution in [3.63, 3.8) is 0 Å². The van der Waals surface area contributed by atoms with Gasteiger partial charge in [0.05, 0.1) is 18.7 Å². The highest BCUT2D eigenvalue weighted by Gasteiger charge is 2.15. The van der Waals surface area contributed by atoms with Crippen molar-refractivity contribution in [3.05, 3.63) is 57.9 Å². The number of aliphatic carboxylic acids is 1. The Morgan fingerprint density at radius 3 is 2.67 bits per heavy atom. The Balaban J connectivity index is 1.81. The van der Waals surface area contributed by atoms with Gasteiger partial charge in [0.1, 0.15) is 5.82 Å². The summed E-state index contributed by atoms with van der Waals surface area (Å²) in [5.74, 6) is -1.11. The minimum Gasteiger partial charge on any atom is -0.481 e. The van der Waals surface area contributed by atoms with Crippen molar-refractivity contribution in [1.29, 1.82) is 0 Å². The van der Waals surface area contributed by atoms with E-state index in [4.69, 9.17) is 5.11 Å². The minimum atomic E-state index is -0.832.